The highest BCUT2D eigenvalue weighted by Crippen LogP contribution is 2.37. The van der Waals surface area contributed by atoms with Crippen LogP contribution in [0.4, 0.5) is 0 Å². The normalized spacial score (nSPS) is 18.0. The lowest BCUT2D eigenvalue weighted by Gasteiger charge is -2.25. The molecule has 0 radical (unpaired) electrons. The van der Waals surface area contributed by atoms with Crippen LogP contribution in [0.2, 0.25) is 0 Å². The van der Waals surface area contributed by atoms with Crippen LogP contribution < -0.4 is 9.47 Å². The molecule has 2 aliphatic rings. The van der Waals surface area contributed by atoms with Crippen LogP contribution in [0.1, 0.15) is 56.9 Å². The maximum atomic E-state index is 12.0. The molecule has 2 heterocycles. The zero-order valence-electron chi connectivity index (χ0n) is 19.3. The van der Waals surface area contributed by atoms with Crippen molar-refractivity contribution >= 4 is 11.6 Å². The van der Waals surface area contributed by atoms with E-state index < -0.39 is 0 Å². The van der Waals surface area contributed by atoms with Crippen LogP contribution in [0.25, 0.3) is 0 Å². The zero-order chi connectivity index (χ0) is 25.1. The Balaban J connectivity index is 0.000000148. The Morgan fingerprint density at radius 3 is 1.33 bits per heavy atom. The molecule has 0 spiro atoms. The lowest BCUT2D eigenvalue weighted by Crippen LogP contribution is -2.20. The van der Waals surface area contributed by atoms with Crippen LogP contribution in [-0.4, -0.2) is 21.8 Å². The van der Waals surface area contributed by atoms with E-state index in [1.54, 1.807) is 12.1 Å². The smallest absolute Gasteiger partial charge is 0.170 e. The summed E-state index contributed by atoms with van der Waals surface area (Å²) >= 11 is 0. The van der Waals surface area contributed by atoms with Crippen LogP contribution in [0, 0.1) is 0 Å². The molecule has 36 heavy (non-hydrogen) atoms. The van der Waals surface area contributed by atoms with Crippen LogP contribution in [0.15, 0.2) is 97.1 Å². The Morgan fingerprint density at radius 2 is 0.944 bits per heavy atom. The highest BCUT2D eigenvalue weighted by molar-refractivity contribution is 6.01. The van der Waals surface area contributed by atoms with Crippen LogP contribution >= 0.6 is 0 Å². The van der Waals surface area contributed by atoms with Crippen LogP contribution in [0.3, 0.4) is 0 Å². The number of benzene rings is 4. The van der Waals surface area contributed by atoms with Crippen LogP contribution in [0.5, 0.6) is 23.0 Å². The molecule has 0 aromatic heterocycles. The van der Waals surface area contributed by atoms with Crippen LogP contribution in [-0.2, 0) is 0 Å². The second kappa shape index (κ2) is 9.96. The number of rotatable bonds is 2. The maximum Gasteiger partial charge on any atom is 0.170 e. The highest BCUT2D eigenvalue weighted by Gasteiger charge is 2.28. The molecule has 0 amide bonds. The summed E-state index contributed by atoms with van der Waals surface area (Å²) in [5.74, 6) is 1.26. The Labute approximate surface area is 208 Å². The topological polar surface area (TPSA) is 93.1 Å². The number of ketones is 2. The molecule has 4 aromatic carbocycles. The first-order chi connectivity index (χ1) is 17.5. The van der Waals surface area contributed by atoms with Crippen molar-refractivity contribution in [3.8, 4) is 23.0 Å². The van der Waals surface area contributed by atoms with Gasteiger partial charge in [-0.05, 0) is 47.5 Å². The first-order valence-corrected chi connectivity index (χ1v) is 11.6. The van der Waals surface area contributed by atoms with E-state index in [0.717, 1.165) is 11.1 Å². The van der Waals surface area contributed by atoms with Gasteiger partial charge in [-0.25, -0.2) is 0 Å². The van der Waals surface area contributed by atoms with Gasteiger partial charge in [0.1, 0.15) is 35.2 Å². The number of hydrogen-bond donors (Lipinski definition) is 2. The molecule has 0 bridgehead atoms. The second-order valence-corrected chi connectivity index (χ2v) is 8.65. The number of hydrogen-bond acceptors (Lipinski definition) is 6. The van der Waals surface area contributed by atoms with Gasteiger partial charge in [-0.1, -0.05) is 60.7 Å². The minimum atomic E-state index is -0.240. The van der Waals surface area contributed by atoms with E-state index in [2.05, 4.69) is 0 Å². The number of carbonyl (C=O) groups is 2. The van der Waals surface area contributed by atoms with Gasteiger partial charge in [-0.3, -0.25) is 9.59 Å². The summed E-state index contributed by atoms with van der Waals surface area (Å²) in [4.78, 5) is 24.1. The number of ether oxygens (including phenoxy) is 2. The summed E-state index contributed by atoms with van der Waals surface area (Å²) in [7, 11) is 0. The predicted octanol–water partition coefficient (Wildman–Crippen LogP) is 6.20. The van der Waals surface area contributed by atoms with Crippen molar-refractivity contribution in [3.05, 3.63) is 119 Å². The molecule has 180 valence electrons. The standard InChI is InChI=1S/2C15H12O3/c2*16-11-6-7-14-12(8-11)13(17)9-15(18-14)10-4-2-1-3-5-10/h2*1-8,15-16H,9H2. The molecule has 0 saturated carbocycles. The minimum Gasteiger partial charge on any atom is -0.508 e. The molecule has 2 aliphatic heterocycles. The molecule has 4 aromatic rings. The first kappa shape index (κ1) is 23.2. The van der Waals surface area contributed by atoms with E-state index in [0.29, 0.717) is 35.5 Å². The molecule has 6 heteroatoms. The average molecular weight is 481 g/mol. The Morgan fingerprint density at radius 1 is 0.556 bits per heavy atom. The van der Waals surface area contributed by atoms with Crippen molar-refractivity contribution in [1.82, 2.24) is 0 Å². The van der Waals surface area contributed by atoms with E-state index in [4.69, 9.17) is 9.47 Å². The fraction of sp³-hybridized carbons (Fsp3) is 0.133. The van der Waals surface area contributed by atoms with Gasteiger partial charge in [-0.15, -0.1) is 0 Å². The Bertz CT molecular complexity index is 1290. The summed E-state index contributed by atoms with van der Waals surface area (Å²) in [6.07, 6.45) is 0.132. The highest BCUT2D eigenvalue weighted by atomic mass is 16.5. The van der Waals surface area contributed by atoms with Gasteiger partial charge in [0.15, 0.2) is 11.6 Å². The number of aromatic hydroxyl groups is 2. The van der Waals surface area contributed by atoms with Crippen molar-refractivity contribution in [2.45, 2.75) is 25.0 Å². The lowest BCUT2D eigenvalue weighted by atomic mass is 9.96. The fourth-order valence-corrected chi connectivity index (χ4v) is 4.33. The third kappa shape index (κ3) is 4.93. The van der Waals surface area contributed by atoms with E-state index in [1.807, 2.05) is 60.7 Å². The number of phenols is 2. The molecule has 2 atom stereocenters. The van der Waals surface area contributed by atoms with Crippen molar-refractivity contribution in [3.63, 3.8) is 0 Å². The van der Waals surface area contributed by atoms with Gasteiger partial charge in [0.2, 0.25) is 0 Å². The van der Waals surface area contributed by atoms with Crippen molar-refractivity contribution in [1.29, 1.82) is 0 Å². The van der Waals surface area contributed by atoms with Gasteiger partial charge in [-0.2, -0.15) is 0 Å². The van der Waals surface area contributed by atoms with E-state index in [1.165, 1.54) is 24.3 Å². The number of phenolic OH excluding ortho intramolecular Hbond substituents is 2. The van der Waals surface area contributed by atoms with E-state index in [9.17, 15) is 19.8 Å². The molecular weight excluding hydrogens is 456 g/mol. The van der Waals surface area contributed by atoms with Gasteiger partial charge in [0, 0.05) is 0 Å². The van der Waals surface area contributed by atoms with Gasteiger partial charge in [0.05, 0.1) is 24.0 Å². The second-order valence-electron chi connectivity index (χ2n) is 8.65. The molecule has 0 fully saturated rings. The largest absolute Gasteiger partial charge is 0.508 e. The summed E-state index contributed by atoms with van der Waals surface area (Å²) in [6.45, 7) is 0. The molecule has 0 saturated heterocycles. The van der Waals surface area contributed by atoms with Gasteiger partial charge >= 0.3 is 0 Å². The molecule has 0 aliphatic carbocycles. The lowest BCUT2D eigenvalue weighted by molar-refractivity contribution is 0.0840. The summed E-state index contributed by atoms with van der Waals surface area (Å²) < 4.78 is 11.6. The molecular formula is C30H24O6. The SMILES string of the molecule is O=C1CC(c2ccccc2)Oc2ccc(O)cc21.O=C1CC(c2ccccc2)Oc2ccc(O)cc21. The van der Waals surface area contributed by atoms with Gasteiger partial charge in [0.25, 0.3) is 0 Å². The molecule has 2 N–H and O–H groups in total. The van der Waals surface area contributed by atoms with E-state index in [-0.39, 0.29) is 35.3 Å². The Kier molecular flexibility index (Phi) is 6.41. The summed E-state index contributed by atoms with van der Waals surface area (Å²) in [5.41, 5.74) is 2.90. The molecule has 6 nitrogen and oxygen atoms in total. The minimum absolute atomic E-state index is 0.000929. The summed E-state index contributed by atoms with van der Waals surface area (Å²) in [6, 6.07) is 28.6. The predicted molar refractivity (Wildman–Crippen MR) is 134 cm³/mol. The van der Waals surface area contributed by atoms with Crippen molar-refractivity contribution in [2.75, 3.05) is 0 Å². The number of Topliss-reactive ketones (excluding diaryl/α,β-unsaturated/α-hetero) is 2. The fourth-order valence-electron chi connectivity index (χ4n) is 4.33. The third-order valence-electron chi connectivity index (χ3n) is 6.15. The molecule has 6 rings (SSSR count). The third-order valence-corrected chi connectivity index (χ3v) is 6.15. The van der Waals surface area contributed by atoms with Crippen molar-refractivity contribution in [2.24, 2.45) is 0 Å². The monoisotopic (exact) mass is 480 g/mol. The number of carbonyl (C=O) groups excluding carboxylic acids is 2. The summed E-state index contributed by atoms with van der Waals surface area (Å²) in [5, 5.41) is 18.8. The Hall–Kier alpha value is -4.58. The molecule has 2 unspecified atom stereocenters. The average Bonchev–Trinajstić information content (AvgIpc) is 2.91. The van der Waals surface area contributed by atoms with E-state index >= 15 is 0 Å². The maximum absolute atomic E-state index is 12.0. The quantitative estimate of drug-likeness (QED) is 0.355. The van der Waals surface area contributed by atoms with Crippen molar-refractivity contribution < 1.29 is 29.3 Å². The first-order valence-electron chi connectivity index (χ1n) is 11.6. The van der Waals surface area contributed by atoms with Gasteiger partial charge < -0.3 is 19.7 Å². The zero-order valence-corrected chi connectivity index (χ0v) is 19.3. The number of fused-ring (bicyclic) bond motifs is 2.